The van der Waals surface area contributed by atoms with Crippen molar-refractivity contribution in [1.29, 1.82) is 0 Å². The lowest BCUT2D eigenvalue weighted by Gasteiger charge is -2.07. The van der Waals surface area contributed by atoms with E-state index in [-0.39, 0.29) is 12.2 Å². The van der Waals surface area contributed by atoms with Crippen molar-refractivity contribution in [3.8, 4) is 11.8 Å². The normalized spacial score (nSPS) is 9.62. The van der Waals surface area contributed by atoms with Crippen molar-refractivity contribution in [2.45, 2.75) is 0 Å². The molecule has 0 atom stereocenters. The highest BCUT2D eigenvalue weighted by molar-refractivity contribution is 6.31. The quantitative estimate of drug-likeness (QED) is 0.737. The van der Waals surface area contributed by atoms with Gasteiger partial charge in [-0.3, -0.25) is 9.59 Å². The number of rotatable bonds is 2. The summed E-state index contributed by atoms with van der Waals surface area (Å²) < 4.78 is 0. The molecule has 1 heterocycles. The number of benzene rings is 1. The third-order valence-corrected chi connectivity index (χ3v) is 2.84. The second-order valence-electron chi connectivity index (χ2n) is 4.03. The Kier molecular flexibility index (Phi) is 4.77. The van der Waals surface area contributed by atoms with Gasteiger partial charge in [0.15, 0.2) is 5.43 Å². The van der Waals surface area contributed by atoms with Gasteiger partial charge in [-0.05, 0) is 18.2 Å². The Balaban J connectivity index is 2.35. The number of carbonyl (C=O) groups excluding carboxylic acids is 1. The van der Waals surface area contributed by atoms with Gasteiger partial charge in [-0.1, -0.05) is 23.4 Å². The zero-order valence-electron chi connectivity index (χ0n) is 10.8. The number of aliphatic hydroxyl groups excluding tert-OH is 1. The molecule has 0 fully saturated rings. The summed E-state index contributed by atoms with van der Waals surface area (Å²) in [6.07, 6.45) is 2.76. The number of aliphatic hydroxyl groups is 1. The summed E-state index contributed by atoms with van der Waals surface area (Å²) in [5, 5.41) is 11.7. The summed E-state index contributed by atoms with van der Waals surface area (Å²) in [6, 6.07) is 6.03. The zero-order valence-corrected chi connectivity index (χ0v) is 11.6. The van der Waals surface area contributed by atoms with Crippen molar-refractivity contribution >= 4 is 23.2 Å². The first-order valence-electron chi connectivity index (χ1n) is 5.99. The van der Waals surface area contributed by atoms with Crippen LogP contribution in [0.1, 0.15) is 15.9 Å². The van der Waals surface area contributed by atoms with Gasteiger partial charge in [0.2, 0.25) is 0 Å². The van der Waals surface area contributed by atoms with Crippen LogP contribution in [-0.2, 0) is 0 Å². The molecule has 1 aromatic heterocycles. The van der Waals surface area contributed by atoms with Gasteiger partial charge in [-0.2, -0.15) is 0 Å². The first-order chi connectivity index (χ1) is 10.1. The zero-order chi connectivity index (χ0) is 15.2. The van der Waals surface area contributed by atoms with Crippen LogP contribution < -0.4 is 10.7 Å². The molecular formula is C15H11ClN2O3. The summed E-state index contributed by atoms with van der Waals surface area (Å²) in [4.78, 5) is 26.4. The fourth-order valence-corrected chi connectivity index (χ4v) is 1.82. The van der Waals surface area contributed by atoms with Crippen LogP contribution in [0.2, 0.25) is 5.02 Å². The van der Waals surface area contributed by atoms with E-state index < -0.39 is 11.3 Å². The lowest BCUT2D eigenvalue weighted by atomic mass is 10.1. The molecule has 0 bridgehead atoms. The molecule has 2 rings (SSSR count). The highest BCUT2D eigenvalue weighted by Gasteiger charge is 2.12. The van der Waals surface area contributed by atoms with Crippen LogP contribution in [0.5, 0.6) is 0 Å². The molecule has 0 aliphatic rings. The topological polar surface area (TPSA) is 82.2 Å². The van der Waals surface area contributed by atoms with Crippen molar-refractivity contribution in [1.82, 2.24) is 4.98 Å². The van der Waals surface area contributed by atoms with Gasteiger partial charge in [-0.25, -0.2) is 0 Å². The predicted molar refractivity (Wildman–Crippen MR) is 80.4 cm³/mol. The largest absolute Gasteiger partial charge is 0.384 e. The van der Waals surface area contributed by atoms with E-state index in [0.717, 1.165) is 0 Å². The maximum Gasteiger partial charge on any atom is 0.261 e. The summed E-state index contributed by atoms with van der Waals surface area (Å²) >= 11 is 5.89. The first-order valence-corrected chi connectivity index (χ1v) is 6.37. The van der Waals surface area contributed by atoms with Crippen LogP contribution in [-0.4, -0.2) is 22.6 Å². The summed E-state index contributed by atoms with van der Waals surface area (Å²) in [5.74, 6) is 4.63. The Morgan fingerprint density at radius 2 is 2.19 bits per heavy atom. The Labute approximate surface area is 125 Å². The number of amides is 1. The van der Waals surface area contributed by atoms with Crippen molar-refractivity contribution < 1.29 is 9.90 Å². The summed E-state index contributed by atoms with van der Waals surface area (Å²) in [6.45, 7) is -0.297. The minimum absolute atomic E-state index is 0.0152. The van der Waals surface area contributed by atoms with Crippen molar-refractivity contribution in [3.05, 3.63) is 63.0 Å². The number of hydrogen-bond acceptors (Lipinski definition) is 3. The lowest BCUT2D eigenvalue weighted by molar-refractivity contribution is 0.102. The molecule has 2 aromatic rings. The number of H-pyrrole nitrogens is 1. The fourth-order valence-electron chi connectivity index (χ4n) is 1.65. The molecule has 0 saturated heterocycles. The monoisotopic (exact) mass is 302 g/mol. The SMILES string of the molecule is O=C(Nc1cc(Cl)ccc1C#CCO)c1c[nH]ccc1=O. The van der Waals surface area contributed by atoms with E-state index in [4.69, 9.17) is 16.7 Å². The molecule has 6 heteroatoms. The smallest absolute Gasteiger partial charge is 0.261 e. The van der Waals surface area contributed by atoms with E-state index in [9.17, 15) is 9.59 Å². The van der Waals surface area contributed by atoms with Gasteiger partial charge in [0.1, 0.15) is 12.2 Å². The molecule has 0 aliphatic carbocycles. The number of carbonyl (C=O) groups is 1. The van der Waals surface area contributed by atoms with Crippen LogP contribution >= 0.6 is 11.6 Å². The van der Waals surface area contributed by atoms with Gasteiger partial charge in [0, 0.05) is 29.0 Å². The van der Waals surface area contributed by atoms with E-state index in [1.54, 1.807) is 12.1 Å². The van der Waals surface area contributed by atoms with E-state index >= 15 is 0 Å². The van der Waals surface area contributed by atoms with Crippen molar-refractivity contribution in [2.24, 2.45) is 0 Å². The standard InChI is InChI=1S/C15H11ClN2O3/c16-11-4-3-10(2-1-7-19)13(8-11)18-15(21)12-9-17-6-5-14(12)20/h3-6,8-9,19H,7H2,(H,17,20)(H,18,21). The van der Waals surface area contributed by atoms with E-state index in [1.165, 1.54) is 24.5 Å². The number of hydrogen-bond donors (Lipinski definition) is 3. The van der Waals surface area contributed by atoms with E-state index in [0.29, 0.717) is 16.3 Å². The molecule has 0 radical (unpaired) electrons. The third kappa shape index (κ3) is 3.72. The van der Waals surface area contributed by atoms with Crippen LogP contribution in [0.3, 0.4) is 0 Å². The van der Waals surface area contributed by atoms with E-state index in [2.05, 4.69) is 22.1 Å². The Hall–Kier alpha value is -2.55. The number of anilines is 1. The Morgan fingerprint density at radius 1 is 1.38 bits per heavy atom. The Morgan fingerprint density at radius 3 is 2.90 bits per heavy atom. The van der Waals surface area contributed by atoms with Gasteiger partial charge >= 0.3 is 0 Å². The molecule has 0 spiro atoms. The second kappa shape index (κ2) is 6.75. The molecule has 3 N–H and O–H groups in total. The number of aromatic nitrogens is 1. The maximum absolute atomic E-state index is 12.1. The second-order valence-corrected chi connectivity index (χ2v) is 4.46. The average Bonchev–Trinajstić information content (AvgIpc) is 2.47. The van der Waals surface area contributed by atoms with Crippen LogP contribution in [0.15, 0.2) is 41.5 Å². The Bertz CT molecular complexity index is 787. The summed E-state index contributed by atoms with van der Waals surface area (Å²) in [5.41, 5.74) is 0.459. The fraction of sp³-hybridized carbons (Fsp3) is 0.0667. The van der Waals surface area contributed by atoms with Crippen LogP contribution in [0.4, 0.5) is 5.69 Å². The minimum atomic E-state index is -0.564. The molecule has 1 aromatic carbocycles. The van der Waals surface area contributed by atoms with Gasteiger partial charge in [-0.15, -0.1) is 0 Å². The highest BCUT2D eigenvalue weighted by Crippen LogP contribution is 2.20. The molecule has 106 valence electrons. The molecule has 0 aliphatic heterocycles. The highest BCUT2D eigenvalue weighted by atomic mass is 35.5. The lowest BCUT2D eigenvalue weighted by Crippen LogP contribution is -2.21. The van der Waals surface area contributed by atoms with Crippen LogP contribution in [0, 0.1) is 11.8 Å². The molecule has 21 heavy (non-hydrogen) atoms. The average molecular weight is 303 g/mol. The molecule has 1 amide bonds. The maximum atomic E-state index is 12.1. The molecule has 5 nitrogen and oxygen atoms in total. The van der Waals surface area contributed by atoms with Gasteiger partial charge in [0.25, 0.3) is 5.91 Å². The van der Waals surface area contributed by atoms with Gasteiger partial charge < -0.3 is 15.4 Å². The molecular weight excluding hydrogens is 292 g/mol. The number of pyridine rings is 1. The first kappa shape index (κ1) is 14.9. The third-order valence-electron chi connectivity index (χ3n) is 2.60. The number of nitrogens with one attached hydrogen (secondary N) is 2. The molecule has 0 unspecified atom stereocenters. The minimum Gasteiger partial charge on any atom is -0.384 e. The van der Waals surface area contributed by atoms with Crippen LogP contribution in [0.25, 0.3) is 0 Å². The molecule has 0 saturated carbocycles. The van der Waals surface area contributed by atoms with E-state index in [1.807, 2.05) is 0 Å². The number of halogens is 1. The summed E-state index contributed by atoms with van der Waals surface area (Å²) in [7, 11) is 0. The van der Waals surface area contributed by atoms with Gasteiger partial charge in [0.05, 0.1) is 5.69 Å². The van der Waals surface area contributed by atoms with Crippen molar-refractivity contribution in [2.75, 3.05) is 11.9 Å². The predicted octanol–water partition coefficient (Wildman–Crippen LogP) is 1.62. The number of aromatic amines is 1. The van der Waals surface area contributed by atoms with Crippen molar-refractivity contribution in [3.63, 3.8) is 0 Å².